The number of para-hydroxylation sites is 2. The molecule has 0 spiro atoms. The van der Waals surface area contributed by atoms with Gasteiger partial charge >= 0.3 is 0 Å². The van der Waals surface area contributed by atoms with Crippen LogP contribution in [0.2, 0.25) is 0 Å². The highest BCUT2D eigenvalue weighted by molar-refractivity contribution is 5.78. The molecular formula is C83H90N4. The average molecular weight is 1140 g/mol. The van der Waals surface area contributed by atoms with Crippen molar-refractivity contribution in [1.29, 1.82) is 0 Å². The third-order valence-corrected chi connectivity index (χ3v) is 16.5. The lowest BCUT2D eigenvalue weighted by Crippen LogP contribution is -2.32. The Morgan fingerprint density at radius 1 is 0.540 bits per heavy atom. The van der Waals surface area contributed by atoms with Crippen LogP contribution in [0.5, 0.6) is 0 Å². The molecule has 0 aliphatic heterocycles. The quantitative estimate of drug-likeness (QED) is 0.0765. The van der Waals surface area contributed by atoms with Crippen molar-refractivity contribution in [2.24, 2.45) is 11.8 Å². The summed E-state index contributed by atoms with van der Waals surface area (Å²) in [6.45, 7) is 14.6. The monoisotopic (exact) mass is 1140 g/mol. The zero-order valence-electron chi connectivity index (χ0n) is 52.6. The number of benzene rings is 5. The Labute approximate surface area is 523 Å². The second kappa shape index (κ2) is 32.5. The average Bonchev–Trinajstić information content (AvgIpc) is 3.52. The lowest BCUT2D eigenvalue weighted by Gasteiger charge is -2.32. The summed E-state index contributed by atoms with van der Waals surface area (Å²) >= 11 is 0. The molecule has 4 heteroatoms. The summed E-state index contributed by atoms with van der Waals surface area (Å²) in [5.41, 5.74) is 17.3. The number of hydrogen-bond acceptors (Lipinski definition) is 4. The minimum Gasteiger partial charge on any atom is -0.335 e. The Morgan fingerprint density at radius 2 is 1.20 bits per heavy atom. The Balaban J connectivity index is 0.000000199. The number of rotatable bonds is 15. The van der Waals surface area contributed by atoms with E-state index >= 15 is 0 Å². The first-order valence-corrected chi connectivity index (χ1v) is 32.2. The van der Waals surface area contributed by atoms with Crippen LogP contribution in [-0.2, 0) is 0 Å². The third kappa shape index (κ3) is 16.7. The van der Waals surface area contributed by atoms with Crippen molar-refractivity contribution in [3.8, 4) is 11.8 Å². The topological polar surface area (TPSA) is 13.0 Å². The minimum absolute atomic E-state index is 0.0418. The summed E-state index contributed by atoms with van der Waals surface area (Å²) in [6, 6.07) is 50.1. The van der Waals surface area contributed by atoms with Crippen molar-refractivity contribution < 1.29 is 0 Å². The highest BCUT2D eigenvalue weighted by atomic mass is 15.2. The lowest BCUT2D eigenvalue weighted by molar-refractivity contribution is 0.407. The highest BCUT2D eigenvalue weighted by Gasteiger charge is 2.26. The van der Waals surface area contributed by atoms with Gasteiger partial charge in [0.05, 0.1) is 6.04 Å². The fourth-order valence-corrected chi connectivity index (χ4v) is 12.0. The van der Waals surface area contributed by atoms with Crippen LogP contribution < -0.4 is 19.6 Å². The molecule has 12 rings (SSSR count). The maximum atomic E-state index is 3.69. The molecule has 4 nitrogen and oxygen atoms in total. The molecule has 442 valence electrons. The van der Waals surface area contributed by atoms with E-state index in [1.807, 2.05) is 27.7 Å². The van der Waals surface area contributed by atoms with Gasteiger partial charge in [0, 0.05) is 75.7 Å². The summed E-state index contributed by atoms with van der Waals surface area (Å²) < 4.78 is 0. The Bertz CT molecular complexity index is 3580. The van der Waals surface area contributed by atoms with Crippen LogP contribution in [0.1, 0.15) is 123 Å². The molecule has 5 aromatic rings. The first-order valence-electron chi connectivity index (χ1n) is 32.2. The standard InChI is InChI=1S/C43H44N2.C36H34N2.2C2H6/c1-33-13-11-22-42(31-33)44(38-17-8-4-9-18-38)39-20-12-21-40(30-29-39)45(41-27-25-36(26-28-41)35-23-24-35)43-19-10-3-7-16-37(32-43)34-14-5-2-6-15-34;1-3-29(2)37(36-23-15-14-18-31(28-36)30-16-8-6-9-17-30)34-24-26-35(27-25-34)38(33-21-12-7-13-22-33)32-19-10-4-5-11-20-32;2*1-2/h4,7-9,11-13,16-18,21-30,32-35,43H,2-3,5-6,14-15,20,31H2,1H3;3-10,12-28,36H,11H2,1-2H3;2*1-2H3/b16-7-,37-32+;29-3+;;. The van der Waals surface area contributed by atoms with Gasteiger partial charge in [0.15, 0.2) is 0 Å². The molecular weight excluding hydrogens is 1050 g/mol. The smallest absolute Gasteiger partial charge is 0.114 e. The second-order valence-corrected chi connectivity index (χ2v) is 22.4. The summed E-state index contributed by atoms with van der Waals surface area (Å²) in [4.78, 5) is 9.65. The van der Waals surface area contributed by atoms with Crippen LogP contribution in [0, 0.1) is 23.7 Å². The molecule has 0 saturated heterocycles. The van der Waals surface area contributed by atoms with Gasteiger partial charge in [-0.15, -0.1) is 0 Å². The van der Waals surface area contributed by atoms with Gasteiger partial charge in [-0.25, -0.2) is 0 Å². The van der Waals surface area contributed by atoms with E-state index in [-0.39, 0.29) is 12.1 Å². The first kappa shape index (κ1) is 62.5. The Hall–Kier alpha value is -9.04. The SMILES string of the molecule is C/C=C(\C)N(c1ccc(N(C2=CCC=CC=C2)c2ccccc2)cc1)C1C=CC=CC(c2ccccc2)=C1.CC.CC.CC1C=CC=C(N(C2=CC=C(N(c3ccc(C4C=C4)cc3)C3C#CC/C=C\C(C4CCCCC4)=C/3)C=CC2)c2ccccc2)C1. The molecule has 1 saturated carbocycles. The predicted molar refractivity (Wildman–Crippen MR) is 378 cm³/mol. The summed E-state index contributed by atoms with van der Waals surface area (Å²) in [5, 5.41) is 0. The molecule has 1 fully saturated rings. The molecule has 0 amide bonds. The minimum atomic E-state index is -0.0418. The van der Waals surface area contributed by atoms with Gasteiger partial charge in [0.1, 0.15) is 6.04 Å². The summed E-state index contributed by atoms with van der Waals surface area (Å²) in [5.74, 6) is 8.81. The predicted octanol–water partition coefficient (Wildman–Crippen LogP) is 22.3. The molecule has 5 aromatic carbocycles. The first-order chi connectivity index (χ1) is 43.0. The number of nitrogens with zero attached hydrogens (tertiary/aromatic N) is 4. The Kier molecular flexibility index (Phi) is 23.3. The molecule has 7 aliphatic carbocycles. The molecule has 3 unspecified atom stereocenters. The van der Waals surface area contributed by atoms with E-state index in [1.54, 1.807) is 0 Å². The molecule has 0 bridgehead atoms. The third-order valence-electron chi connectivity index (χ3n) is 16.5. The van der Waals surface area contributed by atoms with Gasteiger partial charge in [0.25, 0.3) is 0 Å². The normalized spacial score (nSPS) is 20.4. The van der Waals surface area contributed by atoms with Crippen LogP contribution in [0.15, 0.2) is 313 Å². The maximum absolute atomic E-state index is 3.69. The van der Waals surface area contributed by atoms with Crippen LogP contribution in [0.4, 0.5) is 28.4 Å². The van der Waals surface area contributed by atoms with Crippen molar-refractivity contribution in [3.63, 3.8) is 0 Å². The molecule has 0 radical (unpaired) electrons. The fourth-order valence-electron chi connectivity index (χ4n) is 12.0. The van der Waals surface area contributed by atoms with Gasteiger partial charge in [-0.3, -0.25) is 0 Å². The molecule has 3 atom stereocenters. The summed E-state index contributed by atoms with van der Waals surface area (Å²) in [7, 11) is 0. The van der Waals surface area contributed by atoms with E-state index in [1.165, 1.54) is 94.2 Å². The van der Waals surface area contributed by atoms with Crippen LogP contribution in [0.3, 0.4) is 0 Å². The van der Waals surface area contributed by atoms with Crippen molar-refractivity contribution in [3.05, 3.63) is 324 Å². The van der Waals surface area contributed by atoms with Crippen molar-refractivity contribution in [2.45, 2.75) is 124 Å². The zero-order valence-corrected chi connectivity index (χ0v) is 52.6. The van der Waals surface area contributed by atoms with E-state index in [4.69, 9.17) is 0 Å². The molecule has 0 heterocycles. The van der Waals surface area contributed by atoms with Crippen molar-refractivity contribution in [2.75, 3.05) is 19.6 Å². The van der Waals surface area contributed by atoms with Gasteiger partial charge in [-0.05, 0) is 171 Å². The number of hydrogen-bond donors (Lipinski definition) is 0. The van der Waals surface area contributed by atoms with Crippen LogP contribution in [0.25, 0.3) is 5.57 Å². The Morgan fingerprint density at radius 3 is 1.89 bits per heavy atom. The lowest BCUT2D eigenvalue weighted by atomic mass is 9.82. The van der Waals surface area contributed by atoms with Gasteiger partial charge in [-0.1, -0.05) is 248 Å². The molecule has 0 aromatic heterocycles. The van der Waals surface area contributed by atoms with Gasteiger partial charge in [0.2, 0.25) is 0 Å². The second-order valence-electron chi connectivity index (χ2n) is 22.4. The largest absolute Gasteiger partial charge is 0.335 e. The van der Waals surface area contributed by atoms with E-state index in [0.29, 0.717) is 17.8 Å². The van der Waals surface area contributed by atoms with Crippen LogP contribution >= 0.6 is 0 Å². The van der Waals surface area contributed by atoms with Gasteiger partial charge in [-0.2, -0.15) is 0 Å². The molecule has 87 heavy (non-hydrogen) atoms. The maximum Gasteiger partial charge on any atom is 0.114 e. The van der Waals surface area contributed by atoms with E-state index in [0.717, 1.165) is 42.7 Å². The van der Waals surface area contributed by atoms with Crippen molar-refractivity contribution >= 4 is 34.0 Å². The van der Waals surface area contributed by atoms with E-state index in [2.05, 4.69) is 331 Å². The van der Waals surface area contributed by atoms with Gasteiger partial charge < -0.3 is 19.6 Å². The van der Waals surface area contributed by atoms with Crippen LogP contribution in [-0.4, -0.2) is 12.1 Å². The molecule has 7 aliphatic rings. The highest BCUT2D eigenvalue weighted by Crippen LogP contribution is 2.39. The fraction of sp³-hybridized carbons (Fsp3) is 0.253. The van der Waals surface area contributed by atoms with Crippen molar-refractivity contribution in [1.82, 2.24) is 0 Å². The summed E-state index contributed by atoms with van der Waals surface area (Å²) in [6.07, 6.45) is 62.0. The number of allylic oxidation sites excluding steroid dienone is 24. The van der Waals surface area contributed by atoms with E-state index < -0.39 is 0 Å². The van der Waals surface area contributed by atoms with E-state index in [9.17, 15) is 0 Å². The zero-order chi connectivity index (χ0) is 60.6. The number of anilines is 5. The molecule has 0 N–H and O–H groups in total.